The van der Waals surface area contributed by atoms with Gasteiger partial charge in [-0.05, 0) is 18.1 Å². The molecule has 0 radical (unpaired) electrons. The number of carbonyl (C=O) groups is 4. The molecule has 226 valence electrons. The molecule has 1 aliphatic rings. The summed E-state index contributed by atoms with van der Waals surface area (Å²) in [5, 5.41) is 41.9. The zero-order valence-electron chi connectivity index (χ0n) is 23.1. The number of aromatic amines is 1. The number of nitrogens with one attached hydrogen (secondary N) is 2. The van der Waals surface area contributed by atoms with Gasteiger partial charge in [-0.25, -0.2) is 0 Å². The van der Waals surface area contributed by atoms with Crippen LogP contribution in [0.2, 0.25) is 0 Å². The summed E-state index contributed by atoms with van der Waals surface area (Å²) in [7, 11) is 0. The lowest BCUT2D eigenvalue weighted by atomic mass is 10.1. The van der Waals surface area contributed by atoms with Crippen LogP contribution in [0.4, 0.5) is 0 Å². The highest BCUT2D eigenvalue weighted by Gasteiger charge is 2.22. The van der Waals surface area contributed by atoms with E-state index < -0.39 is 23.9 Å². The molecular weight excluding hydrogens is 536 g/mol. The quantitative estimate of drug-likeness (QED) is 0.175. The van der Waals surface area contributed by atoms with Crippen LogP contribution in [0.3, 0.4) is 0 Å². The van der Waals surface area contributed by atoms with Crippen LogP contribution in [0.1, 0.15) is 5.56 Å². The predicted molar refractivity (Wildman–Crippen MR) is 150 cm³/mol. The summed E-state index contributed by atoms with van der Waals surface area (Å²) in [6.45, 7) is 1.54. The Kier molecular flexibility index (Phi) is 12.5. The lowest BCUT2D eigenvalue weighted by Gasteiger charge is -2.33. The molecule has 1 unspecified atom stereocenters. The monoisotopic (exact) mass is 576 g/mol. The number of para-hydroxylation sites is 1. The van der Waals surface area contributed by atoms with Crippen molar-refractivity contribution in [2.24, 2.45) is 0 Å². The number of rotatable bonds is 12. The Balaban J connectivity index is 1.67. The van der Waals surface area contributed by atoms with Gasteiger partial charge in [-0.3, -0.25) is 38.8 Å². The second kappa shape index (κ2) is 16.0. The number of aliphatic hydroxyl groups is 1. The molecule has 1 aliphatic heterocycles. The largest absolute Gasteiger partial charge is 0.480 e. The van der Waals surface area contributed by atoms with Gasteiger partial charge in [-0.2, -0.15) is 0 Å². The van der Waals surface area contributed by atoms with E-state index in [2.05, 4.69) is 10.3 Å². The molecule has 2 heterocycles. The molecule has 1 amide bonds. The average Bonchev–Trinajstić information content (AvgIpc) is 3.31. The van der Waals surface area contributed by atoms with E-state index in [1.807, 2.05) is 35.4 Å². The molecule has 0 aliphatic carbocycles. The number of fused-ring (bicyclic) bond motifs is 1. The van der Waals surface area contributed by atoms with E-state index in [4.69, 9.17) is 0 Å². The number of amides is 1. The van der Waals surface area contributed by atoms with Crippen molar-refractivity contribution in [3.8, 4) is 0 Å². The van der Waals surface area contributed by atoms with Crippen molar-refractivity contribution in [3.63, 3.8) is 0 Å². The fourth-order valence-electron chi connectivity index (χ4n) is 4.99. The highest BCUT2D eigenvalue weighted by atomic mass is 16.4. The molecule has 1 fully saturated rings. The van der Waals surface area contributed by atoms with Crippen LogP contribution in [0, 0.1) is 0 Å². The molecule has 41 heavy (non-hydrogen) atoms. The second-order valence-corrected chi connectivity index (χ2v) is 10.3. The van der Waals surface area contributed by atoms with E-state index in [9.17, 15) is 39.6 Å². The number of carboxylic acids is 3. The first-order chi connectivity index (χ1) is 19.6. The third-order valence-electron chi connectivity index (χ3n) is 7.10. The SMILES string of the molecule is O=C(O)CN1CCN(CC(=O)O)CCN(CC(=O)NC(CO)Cc2c[nH]c3ccccc23)CCN(CC(=O)O)CC1. The van der Waals surface area contributed by atoms with Gasteiger partial charge in [-0.15, -0.1) is 0 Å². The van der Waals surface area contributed by atoms with Crippen LogP contribution in [0.25, 0.3) is 10.9 Å². The minimum absolute atomic E-state index is 0.0165. The van der Waals surface area contributed by atoms with Crippen molar-refractivity contribution in [3.05, 3.63) is 36.0 Å². The van der Waals surface area contributed by atoms with E-state index in [1.54, 1.807) is 14.7 Å². The van der Waals surface area contributed by atoms with Crippen molar-refractivity contribution in [1.82, 2.24) is 29.9 Å². The van der Waals surface area contributed by atoms with Crippen LogP contribution >= 0.6 is 0 Å². The molecule has 1 atom stereocenters. The van der Waals surface area contributed by atoms with E-state index in [1.165, 1.54) is 0 Å². The van der Waals surface area contributed by atoms with E-state index >= 15 is 0 Å². The number of hydrogen-bond donors (Lipinski definition) is 6. The van der Waals surface area contributed by atoms with Gasteiger partial charge >= 0.3 is 17.9 Å². The lowest BCUT2D eigenvalue weighted by molar-refractivity contribution is -0.140. The fraction of sp³-hybridized carbons (Fsp3) is 0.556. The van der Waals surface area contributed by atoms with E-state index in [0.29, 0.717) is 58.8 Å². The summed E-state index contributed by atoms with van der Waals surface area (Å²) < 4.78 is 0. The number of benzene rings is 1. The van der Waals surface area contributed by atoms with Gasteiger partial charge < -0.3 is 30.7 Å². The average molecular weight is 577 g/mol. The summed E-state index contributed by atoms with van der Waals surface area (Å²) in [6.07, 6.45) is 2.29. The number of carbonyl (C=O) groups excluding carboxylic acids is 1. The zero-order valence-corrected chi connectivity index (χ0v) is 23.1. The van der Waals surface area contributed by atoms with Crippen LogP contribution in [0.5, 0.6) is 0 Å². The highest BCUT2D eigenvalue weighted by Crippen LogP contribution is 2.19. The molecule has 14 nitrogen and oxygen atoms in total. The van der Waals surface area contributed by atoms with Gasteiger partial charge in [0.1, 0.15) is 0 Å². The maximum atomic E-state index is 13.1. The molecule has 6 N–H and O–H groups in total. The van der Waals surface area contributed by atoms with Crippen molar-refractivity contribution in [1.29, 1.82) is 0 Å². The molecule has 0 bridgehead atoms. The summed E-state index contributed by atoms with van der Waals surface area (Å²) in [5.41, 5.74) is 1.93. The molecule has 0 spiro atoms. The number of aromatic nitrogens is 1. The molecule has 1 saturated heterocycles. The fourth-order valence-corrected chi connectivity index (χ4v) is 4.99. The number of nitrogens with zero attached hydrogens (tertiary/aromatic N) is 4. The normalized spacial score (nSPS) is 17.9. The Morgan fingerprint density at radius 3 is 1.61 bits per heavy atom. The van der Waals surface area contributed by atoms with Gasteiger partial charge in [0.05, 0.1) is 38.8 Å². The Bertz CT molecular complexity index is 1140. The first-order valence-electron chi connectivity index (χ1n) is 13.6. The summed E-state index contributed by atoms with van der Waals surface area (Å²) in [4.78, 5) is 57.4. The first-order valence-corrected chi connectivity index (χ1v) is 13.6. The molecule has 3 rings (SSSR count). The summed E-state index contributed by atoms with van der Waals surface area (Å²) >= 11 is 0. The van der Waals surface area contributed by atoms with Crippen LogP contribution < -0.4 is 5.32 Å². The van der Waals surface area contributed by atoms with E-state index in [-0.39, 0.29) is 38.7 Å². The van der Waals surface area contributed by atoms with Crippen molar-refractivity contribution in [2.45, 2.75) is 12.5 Å². The number of carboxylic acid groups (broad SMARTS) is 3. The van der Waals surface area contributed by atoms with Crippen LogP contribution in [-0.2, 0) is 25.6 Å². The standard InChI is InChI=1S/C27H40N6O8/c34-19-21(13-20-14-28-23-4-2-1-3-22(20)23)29-24(35)15-30-5-7-31(16-25(36)37)9-11-33(18-27(40)41)12-10-32(8-6-30)17-26(38)39/h1-4,14,21,28,34H,5-13,15-19H2,(H,29,35)(H,36,37)(H,38,39)(H,40,41). The van der Waals surface area contributed by atoms with Crippen molar-refractivity contribution < 1.29 is 39.6 Å². The molecule has 1 aromatic carbocycles. The maximum Gasteiger partial charge on any atom is 0.317 e. The Morgan fingerprint density at radius 2 is 1.17 bits per heavy atom. The van der Waals surface area contributed by atoms with Gasteiger partial charge in [0.15, 0.2) is 0 Å². The molecule has 14 heteroatoms. The molecule has 2 aromatic rings. The van der Waals surface area contributed by atoms with E-state index in [0.717, 1.165) is 16.5 Å². The first kappa shape index (κ1) is 32.0. The summed E-state index contributed by atoms with van der Waals surface area (Å²) in [5.74, 6) is -3.35. The Labute approximate surface area is 238 Å². The summed E-state index contributed by atoms with van der Waals surface area (Å²) in [6, 6.07) is 7.26. The van der Waals surface area contributed by atoms with Gasteiger partial charge in [0.2, 0.25) is 5.91 Å². The predicted octanol–water partition coefficient (Wildman–Crippen LogP) is -1.34. The smallest absolute Gasteiger partial charge is 0.317 e. The third-order valence-corrected chi connectivity index (χ3v) is 7.10. The zero-order chi connectivity index (χ0) is 29.8. The molecule has 1 aromatic heterocycles. The number of H-pyrrole nitrogens is 1. The topological polar surface area (TPSA) is 190 Å². The minimum Gasteiger partial charge on any atom is -0.480 e. The van der Waals surface area contributed by atoms with Crippen LogP contribution in [0.15, 0.2) is 30.5 Å². The maximum absolute atomic E-state index is 13.1. The molecular formula is C27H40N6O8. The van der Waals surface area contributed by atoms with Crippen molar-refractivity contribution >= 4 is 34.7 Å². The lowest BCUT2D eigenvalue weighted by Crippen LogP contribution is -2.50. The van der Waals surface area contributed by atoms with Gasteiger partial charge in [0, 0.05) is 69.5 Å². The van der Waals surface area contributed by atoms with Gasteiger partial charge in [-0.1, -0.05) is 18.2 Å². The van der Waals surface area contributed by atoms with Gasteiger partial charge in [0.25, 0.3) is 0 Å². The van der Waals surface area contributed by atoms with Crippen molar-refractivity contribution in [2.75, 3.05) is 85.1 Å². The number of hydrogen-bond acceptors (Lipinski definition) is 9. The minimum atomic E-state index is -1.02. The Hall–Kier alpha value is -3.56. The highest BCUT2D eigenvalue weighted by molar-refractivity contribution is 5.83. The molecule has 0 saturated carbocycles. The second-order valence-electron chi connectivity index (χ2n) is 10.3. The Morgan fingerprint density at radius 1 is 0.732 bits per heavy atom. The third kappa shape index (κ3) is 11.1. The van der Waals surface area contributed by atoms with Crippen LogP contribution in [-0.4, -0.2) is 160 Å². The number of aliphatic carboxylic acids is 3. The number of aliphatic hydroxyl groups excluding tert-OH is 1.